The van der Waals surface area contributed by atoms with Crippen LogP contribution in [0.2, 0.25) is 0 Å². The van der Waals surface area contributed by atoms with Crippen LogP contribution in [0, 0.1) is 0 Å². The average Bonchev–Trinajstić information content (AvgIpc) is 2.33. The summed E-state index contributed by atoms with van der Waals surface area (Å²) in [5, 5.41) is 8.87. The van der Waals surface area contributed by atoms with Crippen molar-refractivity contribution in [3.63, 3.8) is 0 Å². The standard InChI is InChI=1S/C14H18O4/c1-4-17-12-7-6-11(8-10(3)14(15)16)13(9-12)18-5-2/h6-9H,4-5H2,1-3H3,(H,15,16)/b10-8+. The predicted octanol–water partition coefficient (Wildman–Crippen LogP) is 2.97. The Balaban J connectivity index is 3.10. The Morgan fingerprint density at radius 1 is 1.28 bits per heavy atom. The number of hydrogen-bond acceptors (Lipinski definition) is 3. The zero-order valence-electron chi connectivity index (χ0n) is 10.9. The smallest absolute Gasteiger partial charge is 0.331 e. The van der Waals surface area contributed by atoms with Gasteiger partial charge in [-0.15, -0.1) is 0 Å². The number of carboxylic acids is 1. The number of ether oxygens (including phenoxy) is 2. The Kier molecular flexibility index (Phi) is 5.24. The summed E-state index contributed by atoms with van der Waals surface area (Å²) in [7, 11) is 0. The fourth-order valence-corrected chi connectivity index (χ4v) is 1.47. The van der Waals surface area contributed by atoms with E-state index in [4.69, 9.17) is 14.6 Å². The molecule has 1 aromatic carbocycles. The molecule has 0 unspecified atom stereocenters. The summed E-state index contributed by atoms with van der Waals surface area (Å²) in [6, 6.07) is 5.36. The van der Waals surface area contributed by atoms with Crippen LogP contribution in [0.1, 0.15) is 26.3 Å². The second kappa shape index (κ2) is 6.69. The van der Waals surface area contributed by atoms with Gasteiger partial charge in [-0.2, -0.15) is 0 Å². The van der Waals surface area contributed by atoms with Crippen LogP contribution in [0.15, 0.2) is 23.8 Å². The van der Waals surface area contributed by atoms with E-state index < -0.39 is 5.97 Å². The third kappa shape index (κ3) is 3.80. The molecule has 1 N–H and O–H groups in total. The first-order valence-corrected chi connectivity index (χ1v) is 5.89. The summed E-state index contributed by atoms with van der Waals surface area (Å²) >= 11 is 0. The van der Waals surface area contributed by atoms with Gasteiger partial charge < -0.3 is 14.6 Å². The quantitative estimate of drug-likeness (QED) is 0.788. The van der Waals surface area contributed by atoms with E-state index in [2.05, 4.69) is 0 Å². The lowest BCUT2D eigenvalue weighted by Crippen LogP contribution is -1.99. The van der Waals surface area contributed by atoms with Gasteiger partial charge in [0.2, 0.25) is 0 Å². The third-order valence-corrected chi connectivity index (χ3v) is 2.31. The van der Waals surface area contributed by atoms with Crippen molar-refractivity contribution in [3.05, 3.63) is 29.3 Å². The zero-order chi connectivity index (χ0) is 13.5. The molecule has 0 fully saturated rings. The molecule has 0 aliphatic heterocycles. The Labute approximate surface area is 107 Å². The number of benzene rings is 1. The summed E-state index contributed by atoms with van der Waals surface area (Å²) in [5.74, 6) is 0.404. The van der Waals surface area contributed by atoms with Gasteiger partial charge in [0, 0.05) is 17.2 Å². The van der Waals surface area contributed by atoms with Gasteiger partial charge in [-0.25, -0.2) is 4.79 Å². The summed E-state index contributed by atoms with van der Waals surface area (Å²) in [6.07, 6.45) is 1.59. The molecular weight excluding hydrogens is 232 g/mol. The number of carbonyl (C=O) groups is 1. The molecule has 0 saturated carbocycles. The second-order valence-corrected chi connectivity index (χ2v) is 3.70. The highest BCUT2D eigenvalue weighted by atomic mass is 16.5. The fraction of sp³-hybridized carbons (Fsp3) is 0.357. The fourth-order valence-electron chi connectivity index (χ4n) is 1.47. The lowest BCUT2D eigenvalue weighted by molar-refractivity contribution is -0.132. The summed E-state index contributed by atoms with van der Waals surface area (Å²) < 4.78 is 10.9. The van der Waals surface area contributed by atoms with Crippen LogP contribution < -0.4 is 9.47 Å². The maximum atomic E-state index is 10.8. The lowest BCUT2D eigenvalue weighted by atomic mass is 10.1. The minimum atomic E-state index is -0.939. The largest absolute Gasteiger partial charge is 0.494 e. The third-order valence-electron chi connectivity index (χ3n) is 2.31. The maximum absolute atomic E-state index is 10.8. The Morgan fingerprint density at radius 2 is 1.94 bits per heavy atom. The van der Waals surface area contributed by atoms with Crippen LogP contribution in [0.5, 0.6) is 11.5 Å². The van der Waals surface area contributed by atoms with Crippen molar-refractivity contribution in [2.45, 2.75) is 20.8 Å². The molecule has 0 atom stereocenters. The van der Waals surface area contributed by atoms with Crippen LogP contribution in [-0.4, -0.2) is 24.3 Å². The summed E-state index contributed by atoms with van der Waals surface area (Å²) in [6.45, 7) is 6.43. The number of hydrogen-bond donors (Lipinski definition) is 1. The minimum absolute atomic E-state index is 0.264. The Morgan fingerprint density at radius 3 is 2.50 bits per heavy atom. The minimum Gasteiger partial charge on any atom is -0.494 e. The van der Waals surface area contributed by atoms with Gasteiger partial charge in [0.05, 0.1) is 13.2 Å². The van der Waals surface area contributed by atoms with Crippen LogP contribution in [-0.2, 0) is 4.79 Å². The molecule has 0 saturated heterocycles. The molecule has 0 aromatic heterocycles. The topological polar surface area (TPSA) is 55.8 Å². The Hall–Kier alpha value is -1.97. The van der Waals surface area contributed by atoms with Gasteiger partial charge in [0.15, 0.2) is 0 Å². The van der Waals surface area contributed by atoms with Crippen molar-refractivity contribution in [1.82, 2.24) is 0 Å². The van der Waals surface area contributed by atoms with Crippen molar-refractivity contribution in [2.24, 2.45) is 0 Å². The molecule has 98 valence electrons. The maximum Gasteiger partial charge on any atom is 0.331 e. The molecule has 0 spiro atoms. The van der Waals surface area contributed by atoms with Gasteiger partial charge in [-0.1, -0.05) is 0 Å². The van der Waals surface area contributed by atoms with E-state index in [9.17, 15) is 4.79 Å². The molecular formula is C14H18O4. The van der Waals surface area contributed by atoms with E-state index in [1.165, 1.54) is 0 Å². The average molecular weight is 250 g/mol. The summed E-state index contributed by atoms with van der Waals surface area (Å²) in [4.78, 5) is 10.8. The molecule has 0 aliphatic carbocycles. The molecule has 18 heavy (non-hydrogen) atoms. The summed E-state index contributed by atoms with van der Waals surface area (Å²) in [5.41, 5.74) is 1.00. The predicted molar refractivity (Wildman–Crippen MR) is 70.1 cm³/mol. The molecule has 0 radical (unpaired) electrons. The molecule has 1 aromatic rings. The van der Waals surface area contributed by atoms with Crippen molar-refractivity contribution >= 4 is 12.0 Å². The van der Waals surface area contributed by atoms with E-state index in [0.29, 0.717) is 24.7 Å². The number of rotatable bonds is 6. The second-order valence-electron chi connectivity index (χ2n) is 3.70. The molecule has 0 amide bonds. The number of aliphatic carboxylic acids is 1. The monoisotopic (exact) mass is 250 g/mol. The van der Waals surface area contributed by atoms with E-state index in [-0.39, 0.29) is 5.57 Å². The SMILES string of the molecule is CCOc1ccc(/C=C(\C)C(=O)O)c(OCC)c1. The van der Waals surface area contributed by atoms with Gasteiger partial charge in [-0.05, 0) is 39.0 Å². The highest BCUT2D eigenvalue weighted by Crippen LogP contribution is 2.27. The van der Waals surface area contributed by atoms with E-state index >= 15 is 0 Å². The van der Waals surface area contributed by atoms with Gasteiger partial charge in [-0.3, -0.25) is 0 Å². The molecule has 1 rings (SSSR count). The molecule has 0 heterocycles. The van der Waals surface area contributed by atoms with Crippen LogP contribution in [0.3, 0.4) is 0 Å². The van der Waals surface area contributed by atoms with Gasteiger partial charge in [0.25, 0.3) is 0 Å². The molecule has 0 bridgehead atoms. The van der Waals surface area contributed by atoms with E-state index in [0.717, 1.165) is 5.56 Å². The first-order valence-electron chi connectivity index (χ1n) is 5.89. The van der Waals surface area contributed by atoms with Gasteiger partial charge in [0.1, 0.15) is 11.5 Å². The highest BCUT2D eigenvalue weighted by molar-refractivity contribution is 5.91. The van der Waals surface area contributed by atoms with Crippen LogP contribution in [0.25, 0.3) is 6.08 Å². The van der Waals surface area contributed by atoms with Crippen molar-refractivity contribution < 1.29 is 19.4 Å². The molecule has 4 heteroatoms. The van der Waals surface area contributed by atoms with E-state index in [1.807, 2.05) is 13.8 Å². The van der Waals surface area contributed by atoms with Crippen molar-refractivity contribution in [1.29, 1.82) is 0 Å². The first kappa shape index (κ1) is 14.1. The molecule has 4 nitrogen and oxygen atoms in total. The van der Waals surface area contributed by atoms with Crippen LogP contribution >= 0.6 is 0 Å². The van der Waals surface area contributed by atoms with Crippen molar-refractivity contribution in [3.8, 4) is 11.5 Å². The van der Waals surface area contributed by atoms with E-state index in [1.54, 1.807) is 31.2 Å². The molecule has 0 aliphatic rings. The first-order chi connectivity index (χ1) is 8.58. The zero-order valence-corrected chi connectivity index (χ0v) is 10.9. The van der Waals surface area contributed by atoms with Crippen LogP contribution in [0.4, 0.5) is 0 Å². The lowest BCUT2D eigenvalue weighted by Gasteiger charge is -2.10. The van der Waals surface area contributed by atoms with Gasteiger partial charge >= 0.3 is 5.97 Å². The normalized spacial score (nSPS) is 11.2. The number of carboxylic acid groups (broad SMARTS) is 1. The highest BCUT2D eigenvalue weighted by Gasteiger charge is 2.06. The Bertz CT molecular complexity index is 449. The van der Waals surface area contributed by atoms with Crippen molar-refractivity contribution in [2.75, 3.05) is 13.2 Å².